The molecule has 1 aliphatic carbocycles. The molecule has 172 valence electrons. The number of fused-ring (bicyclic) bond motifs is 1. The van der Waals surface area contributed by atoms with Crippen LogP contribution in [0, 0.1) is 45.3 Å². The molecule has 0 bridgehead atoms. The molecule has 7 heteroatoms. The third kappa shape index (κ3) is 4.15. The number of hydrogen-bond acceptors (Lipinski definition) is 7. The van der Waals surface area contributed by atoms with Crippen molar-refractivity contribution in [3.8, 4) is 29.7 Å². The molecule has 0 radical (unpaired) electrons. The minimum Gasteiger partial charge on any atom is -0.493 e. The summed E-state index contributed by atoms with van der Waals surface area (Å²) in [5.41, 5.74) is 6.61. The fraction of sp³-hybridized carbons (Fsp3) is 0.500. The molecule has 3 rings (SSSR count). The molecule has 0 saturated carbocycles. The quantitative estimate of drug-likeness (QED) is 0.630. The van der Waals surface area contributed by atoms with Crippen molar-refractivity contribution >= 4 is 0 Å². The number of unbranched alkanes of at least 4 members (excludes halogenated alkanes) is 1. The Hall–Kier alpha value is -3.47. The number of ether oxygens (including phenoxy) is 2. The van der Waals surface area contributed by atoms with Crippen LogP contribution < -0.4 is 15.2 Å². The van der Waals surface area contributed by atoms with Gasteiger partial charge in [-0.3, -0.25) is 4.90 Å². The highest BCUT2D eigenvalue weighted by molar-refractivity contribution is 5.60. The summed E-state index contributed by atoms with van der Waals surface area (Å²) < 4.78 is 11.5. The van der Waals surface area contributed by atoms with Crippen molar-refractivity contribution in [1.29, 1.82) is 15.8 Å². The van der Waals surface area contributed by atoms with Gasteiger partial charge in [0.2, 0.25) is 0 Å². The molecule has 1 heterocycles. The zero-order valence-corrected chi connectivity index (χ0v) is 19.8. The van der Waals surface area contributed by atoms with E-state index in [0.717, 1.165) is 24.0 Å². The highest BCUT2D eigenvalue weighted by atomic mass is 16.5. The summed E-state index contributed by atoms with van der Waals surface area (Å²) in [5.74, 6) is 0.369. The van der Waals surface area contributed by atoms with Gasteiger partial charge in [-0.25, -0.2) is 0 Å². The lowest BCUT2D eigenvalue weighted by molar-refractivity contribution is 0.174. The second kappa shape index (κ2) is 9.99. The first-order valence-electron chi connectivity index (χ1n) is 11.4. The van der Waals surface area contributed by atoms with Crippen molar-refractivity contribution < 1.29 is 9.47 Å². The van der Waals surface area contributed by atoms with E-state index in [-0.39, 0.29) is 23.2 Å². The van der Waals surface area contributed by atoms with E-state index >= 15 is 0 Å². The molecule has 0 aromatic heterocycles. The van der Waals surface area contributed by atoms with Gasteiger partial charge in [-0.05, 0) is 43.5 Å². The van der Waals surface area contributed by atoms with Crippen LogP contribution >= 0.6 is 0 Å². The van der Waals surface area contributed by atoms with E-state index in [0.29, 0.717) is 31.2 Å². The lowest BCUT2D eigenvalue weighted by atomic mass is 9.58. The molecular formula is C26H31N5O2. The molecule has 1 aromatic rings. The minimum atomic E-state index is -1.66. The fourth-order valence-electron chi connectivity index (χ4n) is 4.82. The predicted molar refractivity (Wildman–Crippen MR) is 125 cm³/mol. The molecule has 33 heavy (non-hydrogen) atoms. The summed E-state index contributed by atoms with van der Waals surface area (Å²) in [6.07, 6.45) is 3.97. The smallest absolute Gasteiger partial charge is 0.191 e. The van der Waals surface area contributed by atoms with Crippen LogP contribution in [0.2, 0.25) is 0 Å². The standard InChI is InChI=1S/C26H31N5O2/c1-5-6-11-33-22-8-7-18(12-23(22)32-4)24-21-14-31(17(2)3)10-9-19(21)20(13-27)25(30)26(24,15-28)16-29/h7-9,12,17,21,24H,5-6,10-11,14,30H2,1-4H3/t21-,24-/m1/s1. The van der Waals surface area contributed by atoms with Gasteiger partial charge < -0.3 is 15.2 Å². The van der Waals surface area contributed by atoms with Crippen molar-refractivity contribution in [1.82, 2.24) is 4.90 Å². The van der Waals surface area contributed by atoms with Gasteiger partial charge in [0.15, 0.2) is 16.9 Å². The van der Waals surface area contributed by atoms with Crippen molar-refractivity contribution in [2.24, 2.45) is 17.1 Å². The molecule has 2 aliphatic rings. The maximum absolute atomic E-state index is 10.3. The van der Waals surface area contributed by atoms with Crippen molar-refractivity contribution in [2.75, 3.05) is 26.8 Å². The van der Waals surface area contributed by atoms with E-state index in [1.165, 1.54) is 0 Å². The lowest BCUT2D eigenvalue weighted by Crippen LogP contribution is -2.49. The Bertz CT molecular complexity index is 1070. The molecule has 0 amide bonds. The maximum atomic E-state index is 10.3. The van der Waals surface area contributed by atoms with Gasteiger partial charge in [-0.2, -0.15) is 15.8 Å². The molecule has 2 atom stereocenters. The molecule has 7 nitrogen and oxygen atoms in total. The highest BCUT2D eigenvalue weighted by Gasteiger charge is 2.54. The summed E-state index contributed by atoms with van der Waals surface area (Å²) in [6.45, 7) is 8.21. The first-order valence-corrected chi connectivity index (χ1v) is 11.4. The third-order valence-corrected chi connectivity index (χ3v) is 6.73. The number of methoxy groups -OCH3 is 1. The van der Waals surface area contributed by atoms with Crippen molar-refractivity contribution in [3.63, 3.8) is 0 Å². The van der Waals surface area contributed by atoms with Crippen LogP contribution in [0.3, 0.4) is 0 Å². The monoisotopic (exact) mass is 445 g/mol. The molecule has 0 unspecified atom stereocenters. The second-order valence-electron chi connectivity index (χ2n) is 8.84. The Balaban J connectivity index is 2.19. The van der Waals surface area contributed by atoms with Gasteiger partial charge in [-0.15, -0.1) is 0 Å². The Kier molecular flexibility index (Phi) is 7.32. The van der Waals surface area contributed by atoms with Crippen LogP contribution in [0.1, 0.15) is 45.1 Å². The number of hydrogen-bond donors (Lipinski definition) is 1. The normalized spacial score (nSPS) is 21.9. The van der Waals surface area contributed by atoms with Crippen LogP contribution in [-0.4, -0.2) is 37.7 Å². The molecule has 1 aromatic carbocycles. The number of benzene rings is 1. The van der Waals surface area contributed by atoms with E-state index in [4.69, 9.17) is 15.2 Å². The van der Waals surface area contributed by atoms with Gasteiger partial charge in [-0.1, -0.05) is 25.5 Å². The van der Waals surface area contributed by atoms with Gasteiger partial charge in [0.1, 0.15) is 6.07 Å². The van der Waals surface area contributed by atoms with E-state index in [9.17, 15) is 15.8 Å². The molecule has 0 saturated heterocycles. The number of allylic oxidation sites excluding steroid dienone is 2. The third-order valence-electron chi connectivity index (χ3n) is 6.73. The summed E-state index contributed by atoms with van der Waals surface area (Å²) in [5, 5.41) is 30.4. The van der Waals surface area contributed by atoms with Gasteiger partial charge in [0.05, 0.1) is 37.1 Å². The SMILES string of the molecule is CCCCOc1ccc([C@@H]2[C@@H]3CN(C(C)C)CC=C3C(C#N)=C(N)C2(C#N)C#N)cc1OC. The first kappa shape index (κ1) is 24.2. The second-order valence-corrected chi connectivity index (χ2v) is 8.84. The van der Waals surface area contributed by atoms with E-state index in [1.807, 2.05) is 24.3 Å². The minimum absolute atomic E-state index is 0.0303. The Morgan fingerprint density at radius 1 is 1.21 bits per heavy atom. The first-order chi connectivity index (χ1) is 15.9. The summed E-state index contributed by atoms with van der Waals surface area (Å²) in [4.78, 5) is 2.27. The zero-order chi connectivity index (χ0) is 24.2. The van der Waals surface area contributed by atoms with Crippen LogP contribution in [0.25, 0.3) is 0 Å². The summed E-state index contributed by atoms with van der Waals surface area (Å²) in [7, 11) is 1.57. The van der Waals surface area contributed by atoms with Crippen LogP contribution in [0.4, 0.5) is 0 Å². The van der Waals surface area contributed by atoms with E-state index in [2.05, 4.69) is 43.9 Å². The van der Waals surface area contributed by atoms with Crippen LogP contribution in [0.5, 0.6) is 11.5 Å². The van der Waals surface area contributed by atoms with Crippen LogP contribution in [-0.2, 0) is 0 Å². The van der Waals surface area contributed by atoms with Crippen molar-refractivity contribution in [2.45, 2.75) is 45.6 Å². The molecule has 2 N–H and O–H groups in total. The lowest BCUT2D eigenvalue weighted by Gasteiger charge is -2.46. The van der Waals surface area contributed by atoms with E-state index in [1.54, 1.807) is 7.11 Å². The molecule has 0 spiro atoms. The largest absolute Gasteiger partial charge is 0.493 e. The van der Waals surface area contributed by atoms with Crippen LogP contribution in [0.15, 0.2) is 41.1 Å². The van der Waals surface area contributed by atoms with Gasteiger partial charge >= 0.3 is 0 Å². The summed E-state index contributed by atoms with van der Waals surface area (Å²) in [6, 6.07) is 12.4. The predicted octanol–water partition coefficient (Wildman–Crippen LogP) is 4.01. The van der Waals surface area contributed by atoms with Gasteiger partial charge in [0, 0.05) is 31.0 Å². The fourth-order valence-corrected chi connectivity index (χ4v) is 4.82. The maximum Gasteiger partial charge on any atom is 0.191 e. The molecule has 0 fully saturated rings. The van der Waals surface area contributed by atoms with Gasteiger partial charge in [0.25, 0.3) is 0 Å². The topological polar surface area (TPSA) is 119 Å². The zero-order valence-electron chi connectivity index (χ0n) is 19.8. The molecular weight excluding hydrogens is 414 g/mol. The Labute approximate surface area is 196 Å². The molecule has 1 aliphatic heterocycles. The number of nitriles is 3. The Morgan fingerprint density at radius 2 is 1.94 bits per heavy atom. The summed E-state index contributed by atoms with van der Waals surface area (Å²) >= 11 is 0. The number of nitrogens with zero attached hydrogens (tertiary/aromatic N) is 4. The number of nitrogens with two attached hydrogens (primary N) is 1. The number of rotatable bonds is 7. The Morgan fingerprint density at radius 3 is 2.52 bits per heavy atom. The highest BCUT2D eigenvalue weighted by Crippen LogP contribution is 2.55. The average molecular weight is 446 g/mol. The average Bonchev–Trinajstić information content (AvgIpc) is 2.83. The van der Waals surface area contributed by atoms with Crippen molar-refractivity contribution in [3.05, 3.63) is 46.7 Å². The van der Waals surface area contributed by atoms with E-state index < -0.39 is 11.3 Å².